The number of phenolic OH excluding ortho intramolecular Hbond substituents is 1. The molecule has 1 N–H and O–H groups in total. The predicted molar refractivity (Wildman–Crippen MR) is 102 cm³/mol. The molecule has 1 aromatic heterocycles. The summed E-state index contributed by atoms with van der Waals surface area (Å²) in [5.41, 5.74) is 3.81. The molecule has 3 nitrogen and oxygen atoms in total. The minimum Gasteiger partial charge on any atom is -0.507 e. The molecule has 0 bridgehead atoms. The van der Waals surface area contributed by atoms with Crippen molar-refractivity contribution in [1.29, 1.82) is 0 Å². The largest absolute Gasteiger partial charge is 0.507 e. The summed E-state index contributed by atoms with van der Waals surface area (Å²) in [5.74, 6) is 0.935. The Kier molecular flexibility index (Phi) is 4.84. The van der Waals surface area contributed by atoms with Gasteiger partial charge in [-0.3, -0.25) is 0 Å². The molecular formula is C21H28N2O. The standard InChI is InChI=1S/C21H28N2O/c1-14-8-9-18(22-12-14)23-13-15-10-16(20(2,3)4)11-17(19(15)24)21(5,6)7/h8-13,24H,1-7H3. The van der Waals surface area contributed by atoms with E-state index in [1.54, 1.807) is 12.4 Å². The number of hydrogen-bond acceptors (Lipinski definition) is 3. The number of rotatable bonds is 2. The smallest absolute Gasteiger partial charge is 0.151 e. The molecule has 1 heterocycles. The molecule has 0 saturated carbocycles. The molecule has 0 saturated heterocycles. The number of phenols is 1. The van der Waals surface area contributed by atoms with Gasteiger partial charge >= 0.3 is 0 Å². The van der Waals surface area contributed by atoms with Crippen molar-refractivity contribution < 1.29 is 5.11 Å². The van der Waals surface area contributed by atoms with Gasteiger partial charge in [-0.25, -0.2) is 9.98 Å². The highest BCUT2D eigenvalue weighted by molar-refractivity contribution is 5.86. The van der Waals surface area contributed by atoms with Crippen molar-refractivity contribution in [2.75, 3.05) is 0 Å². The lowest BCUT2D eigenvalue weighted by molar-refractivity contribution is 0.444. The van der Waals surface area contributed by atoms with E-state index in [2.05, 4.69) is 57.6 Å². The van der Waals surface area contributed by atoms with Gasteiger partial charge in [0.05, 0.1) is 0 Å². The minimum atomic E-state index is -0.143. The molecule has 3 heteroatoms. The molecule has 2 aromatic rings. The Balaban J connectivity index is 2.54. The van der Waals surface area contributed by atoms with Crippen LogP contribution in [0.1, 0.15) is 63.8 Å². The van der Waals surface area contributed by atoms with Crippen molar-refractivity contribution in [2.45, 2.75) is 59.3 Å². The SMILES string of the molecule is Cc1ccc(N=Cc2cc(C(C)(C)C)cc(C(C)(C)C)c2O)nc1. The van der Waals surface area contributed by atoms with E-state index in [4.69, 9.17) is 0 Å². The Labute approximate surface area is 145 Å². The zero-order chi connectivity index (χ0) is 18.1. The van der Waals surface area contributed by atoms with Gasteiger partial charge in [-0.1, -0.05) is 53.7 Å². The number of aromatic hydroxyl groups is 1. The number of aliphatic imine (C=N–C) groups is 1. The van der Waals surface area contributed by atoms with Crippen molar-refractivity contribution in [3.8, 4) is 5.75 Å². The lowest BCUT2D eigenvalue weighted by Crippen LogP contribution is -2.17. The molecule has 0 fully saturated rings. The van der Waals surface area contributed by atoms with Crippen LogP contribution in [-0.4, -0.2) is 16.3 Å². The first kappa shape index (κ1) is 18.2. The van der Waals surface area contributed by atoms with Crippen molar-refractivity contribution in [3.05, 3.63) is 52.7 Å². The summed E-state index contributed by atoms with van der Waals surface area (Å²) in [6.07, 6.45) is 3.50. The van der Waals surface area contributed by atoms with Crippen molar-refractivity contribution >= 4 is 12.0 Å². The fraction of sp³-hybridized carbons (Fsp3) is 0.429. The summed E-state index contributed by atoms with van der Waals surface area (Å²) in [6.45, 7) is 14.8. The Morgan fingerprint density at radius 2 is 1.67 bits per heavy atom. The highest BCUT2D eigenvalue weighted by Crippen LogP contribution is 2.37. The summed E-state index contributed by atoms with van der Waals surface area (Å²) >= 11 is 0. The lowest BCUT2D eigenvalue weighted by atomic mass is 9.79. The summed E-state index contributed by atoms with van der Waals surface area (Å²) in [5, 5.41) is 10.7. The van der Waals surface area contributed by atoms with Gasteiger partial charge in [0.15, 0.2) is 5.82 Å². The van der Waals surface area contributed by atoms with Gasteiger partial charge in [-0.2, -0.15) is 0 Å². The Bertz CT molecular complexity index is 745. The molecule has 0 unspecified atom stereocenters. The first-order valence-electron chi connectivity index (χ1n) is 8.33. The molecule has 0 spiro atoms. The Morgan fingerprint density at radius 1 is 1.00 bits per heavy atom. The van der Waals surface area contributed by atoms with E-state index in [0.717, 1.165) is 16.7 Å². The van der Waals surface area contributed by atoms with Crippen molar-refractivity contribution in [2.24, 2.45) is 4.99 Å². The fourth-order valence-electron chi connectivity index (χ4n) is 2.43. The summed E-state index contributed by atoms with van der Waals surface area (Å²) < 4.78 is 0. The third-order valence-corrected chi connectivity index (χ3v) is 4.05. The van der Waals surface area contributed by atoms with Gasteiger partial charge < -0.3 is 5.11 Å². The third-order valence-electron chi connectivity index (χ3n) is 4.05. The molecule has 128 valence electrons. The van der Waals surface area contributed by atoms with E-state index in [-0.39, 0.29) is 10.8 Å². The Hall–Kier alpha value is -2.16. The number of pyridine rings is 1. The second-order valence-electron chi connectivity index (χ2n) is 8.41. The van der Waals surface area contributed by atoms with Gasteiger partial charge in [0.2, 0.25) is 0 Å². The highest BCUT2D eigenvalue weighted by atomic mass is 16.3. The van der Waals surface area contributed by atoms with Gasteiger partial charge in [0.1, 0.15) is 5.75 Å². The van der Waals surface area contributed by atoms with Crippen LogP contribution >= 0.6 is 0 Å². The average Bonchev–Trinajstić information content (AvgIpc) is 2.45. The molecule has 0 amide bonds. The van der Waals surface area contributed by atoms with Crippen LogP contribution < -0.4 is 0 Å². The summed E-state index contributed by atoms with van der Waals surface area (Å²) in [6, 6.07) is 7.98. The van der Waals surface area contributed by atoms with Gasteiger partial charge in [0, 0.05) is 23.5 Å². The zero-order valence-corrected chi connectivity index (χ0v) is 15.8. The maximum atomic E-state index is 10.7. The fourth-order valence-corrected chi connectivity index (χ4v) is 2.43. The molecular weight excluding hydrogens is 296 g/mol. The summed E-state index contributed by atoms with van der Waals surface area (Å²) in [4.78, 5) is 8.71. The van der Waals surface area contributed by atoms with Gasteiger partial charge in [-0.15, -0.1) is 0 Å². The normalized spacial score (nSPS) is 12.8. The van der Waals surface area contributed by atoms with Crippen molar-refractivity contribution in [3.63, 3.8) is 0 Å². The van der Waals surface area contributed by atoms with Crippen LogP contribution in [0.3, 0.4) is 0 Å². The number of hydrogen-bond donors (Lipinski definition) is 1. The average molecular weight is 324 g/mol. The molecule has 0 aliphatic heterocycles. The first-order chi connectivity index (χ1) is 11.0. The van der Waals surface area contributed by atoms with Crippen LogP contribution in [0.4, 0.5) is 5.82 Å². The van der Waals surface area contributed by atoms with Crippen LogP contribution in [0.5, 0.6) is 5.75 Å². The van der Waals surface area contributed by atoms with Gasteiger partial charge in [-0.05, 0) is 41.0 Å². The Morgan fingerprint density at radius 3 is 2.17 bits per heavy atom. The maximum absolute atomic E-state index is 10.7. The van der Waals surface area contributed by atoms with E-state index < -0.39 is 0 Å². The van der Waals surface area contributed by atoms with E-state index in [0.29, 0.717) is 11.6 Å². The van der Waals surface area contributed by atoms with Crippen LogP contribution in [0.15, 0.2) is 35.5 Å². The van der Waals surface area contributed by atoms with E-state index in [1.807, 2.05) is 25.1 Å². The van der Waals surface area contributed by atoms with E-state index in [1.165, 1.54) is 5.56 Å². The topological polar surface area (TPSA) is 45.5 Å². The maximum Gasteiger partial charge on any atom is 0.151 e. The second-order valence-corrected chi connectivity index (χ2v) is 8.41. The predicted octanol–water partition coefficient (Wildman–Crippen LogP) is 5.44. The van der Waals surface area contributed by atoms with Crippen LogP contribution in [0.25, 0.3) is 0 Å². The number of benzene rings is 1. The van der Waals surface area contributed by atoms with Gasteiger partial charge in [0.25, 0.3) is 0 Å². The first-order valence-corrected chi connectivity index (χ1v) is 8.33. The molecule has 2 rings (SSSR count). The summed E-state index contributed by atoms with van der Waals surface area (Å²) in [7, 11) is 0. The minimum absolute atomic E-state index is 0.00159. The highest BCUT2D eigenvalue weighted by Gasteiger charge is 2.24. The molecule has 0 atom stereocenters. The molecule has 1 aromatic carbocycles. The van der Waals surface area contributed by atoms with E-state index >= 15 is 0 Å². The monoisotopic (exact) mass is 324 g/mol. The van der Waals surface area contributed by atoms with E-state index in [9.17, 15) is 5.11 Å². The molecule has 0 aliphatic rings. The van der Waals surface area contributed by atoms with Crippen LogP contribution in [0, 0.1) is 6.92 Å². The van der Waals surface area contributed by atoms with Crippen molar-refractivity contribution in [1.82, 2.24) is 4.98 Å². The molecule has 0 radical (unpaired) electrons. The third kappa shape index (κ3) is 4.22. The lowest BCUT2D eigenvalue weighted by Gasteiger charge is -2.26. The quantitative estimate of drug-likeness (QED) is 0.747. The molecule has 24 heavy (non-hydrogen) atoms. The number of nitrogens with zero attached hydrogens (tertiary/aromatic N) is 2. The van der Waals surface area contributed by atoms with Crippen LogP contribution in [0.2, 0.25) is 0 Å². The second kappa shape index (κ2) is 6.39. The number of aromatic nitrogens is 1. The zero-order valence-electron chi connectivity index (χ0n) is 15.8. The number of aryl methyl sites for hydroxylation is 1. The van der Waals surface area contributed by atoms with Crippen LogP contribution in [-0.2, 0) is 10.8 Å². The molecule has 0 aliphatic carbocycles.